The summed E-state index contributed by atoms with van der Waals surface area (Å²) in [6.07, 6.45) is 0.513. The summed E-state index contributed by atoms with van der Waals surface area (Å²) in [5.74, 6) is 1.49. The zero-order chi connectivity index (χ0) is 18.2. The standard InChI is InChI=1S/C18H25NO5S/c1-4-19(14-7-10-25(21,22)12-14)17(20)18(2,3)13-5-6-15-16(11-13)24-9-8-23-15/h5-6,11,14H,4,7-10,12H2,1-3H3. The van der Waals surface area contributed by atoms with E-state index in [1.807, 2.05) is 39.0 Å². The molecule has 2 heterocycles. The summed E-state index contributed by atoms with van der Waals surface area (Å²) in [6.45, 7) is 7.13. The van der Waals surface area contributed by atoms with Gasteiger partial charge >= 0.3 is 0 Å². The van der Waals surface area contributed by atoms with Crippen molar-refractivity contribution in [3.05, 3.63) is 23.8 Å². The first-order chi connectivity index (χ1) is 11.7. The molecule has 7 heteroatoms. The number of hydrogen-bond donors (Lipinski definition) is 0. The quantitative estimate of drug-likeness (QED) is 0.811. The third kappa shape index (κ3) is 3.47. The molecular formula is C18H25NO5S. The van der Waals surface area contributed by atoms with Gasteiger partial charge in [-0.05, 0) is 44.9 Å². The highest BCUT2D eigenvalue weighted by atomic mass is 32.2. The normalized spacial score (nSPS) is 21.8. The molecule has 0 saturated carbocycles. The average molecular weight is 367 g/mol. The number of amides is 1. The van der Waals surface area contributed by atoms with Gasteiger partial charge in [0.15, 0.2) is 21.3 Å². The maximum Gasteiger partial charge on any atom is 0.232 e. The molecule has 25 heavy (non-hydrogen) atoms. The molecule has 1 amide bonds. The Kier molecular flexibility index (Phi) is 4.70. The summed E-state index contributed by atoms with van der Waals surface area (Å²) in [5, 5.41) is 0. The van der Waals surface area contributed by atoms with Gasteiger partial charge in [0, 0.05) is 12.6 Å². The Morgan fingerprint density at radius 2 is 1.92 bits per heavy atom. The van der Waals surface area contributed by atoms with Crippen molar-refractivity contribution in [2.75, 3.05) is 31.3 Å². The van der Waals surface area contributed by atoms with Crippen molar-refractivity contribution < 1.29 is 22.7 Å². The molecule has 1 saturated heterocycles. The fourth-order valence-electron chi connectivity index (χ4n) is 3.50. The van der Waals surface area contributed by atoms with E-state index in [2.05, 4.69) is 0 Å². The van der Waals surface area contributed by atoms with Crippen LogP contribution in [0.1, 0.15) is 32.8 Å². The molecule has 3 rings (SSSR count). The van der Waals surface area contributed by atoms with E-state index < -0.39 is 15.3 Å². The van der Waals surface area contributed by atoms with Gasteiger partial charge in [-0.2, -0.15) is 0 Å². The number of likely N-dealkylation sites (N-methyl/N-ethyl adjacent to an activating group) is 1. The van der Waals surface area contributed by atoms with Crippen LogP contribution in [-0.4, -0.2) is 56.5 Å². The number of sulfone groups is 1. The van der Waals surface area contributed by atoms with Crippen molar-refractivity contribution in [1.29, 1.82) is 0 Å². The highest BCUT2D eigenvalue weighted by Crippen LogP contribution is 2.36. The van der Waals surface area contributed by atoms with Gasteiger partial charge in [0.25, 0.3) is 0 Å². The Balaban J connectivity index is 1.86. The highest BCUT2D eigenvalue weighted by molar-refractivity contribution is 7.91. The largest absolute Gasteiger partial charge is 0.486 e. The lowest BCUT2D eigenvalue weighted by atomic mass is 9.82. The SMILES string of the molecule is CCN(C(=O)C(C)(C)c1ccc2c(c1)OCCO2)C1CCS(=O)(=O)C1. The molecule has 2 aliphatic rings. The van der Waals surface area contributed by atoms with Crippen molar-refractivity contribution in [2.45, 2.75) is 38.6 Å². The number of ether oxygens (including phenoxy) is 2. The van der Waals surface area contributed by atoms with E-state index in [0.717, 1.165) is 5.56 Å². The van der Waals surface area contributed by atoms with E-state index in [4.69, 9.17) is 9.47 Å². The van der Waals surface area contributed by atoms with E-state index in [1.54, 1.807) is 4.90 Å². The topological polar surface area (TPSA) is 72.9 Å². The summed E-state index contributed by atoms with van der Waals surface area (Å²) >= 11 is 0. The lowest BCUT2D eigenvalue weighted by Crippen LogP contribution is -2.49. The molecular weight excluding hydrogens is 342 g/mol. The Morgan fingerprint density at radius 3 is 2.52 bits per heavy atom. The van der Waals surface area contributed by atoms with Crippen LogP contribution in [0.2, 0.25) is 0 Å². The maximum absolute atomic E-state index is 13.2. The van der Waals surface area contributed by atoms with Crippen molar-refractivity contribution in [2.24, 2.45) is 0 Å². The van der Waals surface area contributed by atoms with E-state index in [9.17, 15) is 13.2 Å². The van der Waals surface area contributed by atoms with Crippen molar-refractivity contribution in [3.63, 3.8) is 0 Å². The first-order valence-electron chi connectivity index (χ1n) is 8.66. The summed E-state index contributed by atoms with van der Waals surface area (Å²) in [4.78, 5) is 14.9. The minimum absolute atomic E-state index is 0.0593. The summed E-state index contributed by atoms with van der Waals surface area (Å²) in [5.41, 5.74) is 0.0547. The van der Waals surface area contributed by atoms with Crippen molar-refractivity contribution >= 4 is 15.7 Å². The number of hydrogen-bond acceptors (Lipinski definition) is 5. The van der Waals surface area contributed by atoms with Gasteiger partial charge in [0.1, 0.15) is 13.2 Å². The molecule has 1 fully saturated rings. The predicted octanol–water partition coefficient (Wildman–Crippen LogP) is 1.77. The first-order valence-corrected chi connectivity index (χ1v) is 10.5. The summed E-state index contributed by atoms with van der Waals surface area (Å²) < 4.78 is 34.8. The number of fused-ring (bicyclic) bond motifs is 1. The van der Waals surface area contributed by atoms with Gasteiger partial charge in [-0.3, -0.25) is 4.79 Å². The predicted molar refractivity (Wildman–Crippen MR) is 94.9 cm³/mol. The van der Waals surface area contributed by atoms with Crippen LogP contribution >= 0.6 is 0 Å². The maximum atomic E-state index is 13.2. The van der Waals surface area contributed by atoms with E-state index in [-0.39, 0.29) is 23.5 Å². The number of rotatable bonds is 4. The van der Waals surface area contributed by atoms with Gasteiger partial charge in [-0.1, -0.05) is 6.07 Å². The molecule has 0 bridgehead atoms. The summed E-state index contributed by atoms with van der Waals surface area (Å²) in [6, 6.07) is 5.32. The van der Waals surface area contributed by atoms with Crippen LogP contribution in [-0.2, 0) is 20.0 Å². The molecule has 138 valence electrons. The molecule has 1 atom stereocenters. The molecule has 0 aliphatic carbocycles. The monoisotopic (exact) mass is 367 g/mol. The molecule has 1 unspecified atom stereocenters. The smallest absolute Gasteiger partial charge is 0.232 e. The third-order valence-electron chi connectivity index (χ3n) is 5.05. The Labute approximate surface area is 149 Å². The van der Waals surface area contributed by atoms with Crippen LogP contribution in [0.25, 0.3) is 0 Å². The lowest BCUT2D eigenvalue weighted by molar-refractivity contribution is -0.138. The Bertz CT molecular complexity index is 772. The van der Waals surface area contributed by atoms with Crippen LogP contribution in [0.15, 0.2) is 18.2 Å². The minimum Gasteiger partial charge on any atom is -0.486 e. The second kappa shape index (κ2) is 6.52. The molecule has 0 aromatic heterocycles. The molecule has 0 radical (unpaired) electrons. The molecule has 6 nitrogen and oxygen atoms in total. The van der Waals surface area contributed by atoms with Gasteiger partial charge in [-0.25, -0.2) is 8.42 Å². The average Bonchev–Trinajstić information content (AvgIpc) is 2.94. The summed E-state index contributed by atoms with van der Waals surface area (Å²) in [7, 11) is -3.04. The van der Waals surface area contributed by atoms with Gasteiger partial charge < -0.3 is 14.4 Å². The molecule has 2 aliphatic heterocycles. The lowest BCUT2D eigenvalue weighted by Gasteiger charge is -2.35. The Morgan fingerprint density at radius 1 is 1.24 bits per heavy atom. The van der Waals surface area contributed by atoms with Gasteiger partial charge in [0.2, 0.25) is 5.91 Å². The Hall–Kier alpha value is -1.76. The van der Waals surface area contributed by atoms with Gasteiger partial charge in [-0.15, -0.1) is 0 Å². The molecule has 0 N–H and O–H groups in total. The number of carbonyl (C=O) groups is 1. The fraction of sp³-hybridized carbons (Fsp3) is 0.611. The minimum atomic E-state index is -3.04. The molecule has 1 aromatic carbocycles. The second-order valence-electron chi connectivity index (χ2n) is 7.13. The van der Waals surface area contributed by atoms with Crippen LogP contribution in [0.4, 0.5) is 0 Å². The molecule has 1 aromatic rings. The number of carbonyl (C=O) groups excluding carboxylic acids is 1. The van der Waals surface area contributed by atoms with Crippen molar-refractivity contribution in [3.8, 4) is 11.5 Å². The van der Waals surface area contributed by atoms with Crippen LogP contribution in [0.5, 0.6) is 11.5 Å². The van der Waals surface area contributed by atoms with E-state index in [1.165, 1.54) is 0 Å². The zero-order valence-corrected chi connectivity index (χ0v) is 15.8. The second-order valence-corrected chi connectivity index (χ2v) is 9.36. The number of nitrogens with zero attached hydrogens (tertiary/aromatic N) is 1. The third-order valence-corrected chi connectivity index (χ3v) is 6.80. The van der Waals surface area contributed by atoms with Crippen LogP contribution in [0.3, 0.4) is 0 Å². The molecule has 0 spiro atoms. The van der Waals surface area contributed by atoms with Crippen LogP contribution in [0, 0.1) is 0 Å². The van der Waals surface area contributed by atoms with Gasteiger partial charge in [0.05, 0.1) is 16.9 Å². The first kappa shape index (κ1) is 18.0. The van der Waals surface area contributed by atoms with Crippen LogP contribution < -0.4 is 9.47 Å². The number of benzene rings is 1. The van der Waals surface area contributed by atoms with E-state index in [0.29, 0.717) is 37.7 Å². The zero-order valence-electron chi connectivity index (χ0n) is 14.9. The highest BCUT2D eigenvalue weighted by Gasteiger charge is 2.40. The van der Waals surface area contributed by atoms with E-state index >= 15 is 0 Å². The fourth-order valence-corrected chi connectivity index (χ4v) is 5.23. The van der Waals surface area contributed by atoms with Crippen molar-refractivity contribution in [1.82, 2.24) is 4.90 Å².